The van der Waals surface area contributed by atoms with Gasteiger partial charge in [-0.25, -0.2) is 9.97 Å². The smallest absolute Gasteiger partial charge is 0.277 e. The van der Waals surface area contributed by atoms with E-state index in [1.54, 1.807) is 24.3 Å². The fourth-order valence-corrected chi connectivity index (χ4v) is 2.98. The van der Waals surface area contributed by atoms with Crippen molar-refractivity contribution in [2.45, 2.75) is 9.92 Å². The lowest BCUT2D eigenvalue weighted by Crippen LogP contribution is -2.08. The molecule has 0 aliphatic rings. The highest BCUT2D eigenvalue weighted by Crippen LogP contribution is 2.34. The molecule has 2 heterocycles. The number of fused-ring (bicyclic) bond motifs is 1. The van der Waals surface area contributed by atoms with E-state index in [1.165, 1.54) is 18.1 Å². The number of benzene rings is 1. The maximum atomic E-state index is 11.7. The summed E-state index contributed by atoms with van der Waals surface area (Å²) in [5.41, 5.74) is 0.600. The highest BCUT2D eigenvalue weighted by Gasteiger charge is 2.07. The molecule has 0 radical (unpaired) electrons. The van der Waals surface area contributed by atoms with Crippen molar-refractivity contribution in [2.24, 2.45) is 0 Å². The molecule has 0 saturated carbocycles. The lowest BCUT2D eigenvalue weighted by molar-refractivity contribution is 1.10. The van der Waals surface area contributed by atoms with Crippen LogP contribution < -0.4 is 5.56 Å². The van der Waals surface area contributed by atoms with Crippen molar-refractivity contribution in [3.63, 3.8) is 0 Å². The van der Waals surface area contributed by atoms with Crippen LogP contribution in [0.2, 0.25) is 10.0 Å². The molecule has 0 bridgehead atoms. The standard InChI is InChI=1S/C13H7Cl2N3OS/c14-7-1-3-10(8(15)5-7)20-11-4-2-9-12(18-11)13(19)17-6-16-9/h1-6H,(H,16,17,19). The Morgan fingerprint density at radius 3 is 2.80 bits per heavy atom. The molecular weight excluding hydrogens is 317 g/mol. The molecule has 0 aliphatic heterocycles. The van der Waals surface area contributed by atoms with E-state index in [4.69, 9.17) is 23.2 Å². The van der Waals surface area contributed by atoms with Crippen LogP contribution >= 0.6 is 35.0 Å². The SMILES string of the molecule is O=c1[nH]cnc2ccc(Sc3ccc(Cl)cc3Cl)nc12. The van der Waals surface area contributed by atoms with E-state index in [0.29, 0.717) is 26.1 Å². The fourth-order valence-electron chi connectivity index (χ4n) is 1.66. The average Bonchev–Trinajstić information content (AvgIpc) is 2.43. The summed E-state index contributed by atoms with van der Waals surface area (Å²) in [5, 5.41) is 1.79. The third-order valence-electron chi connectivity index (χ3n) is 2.57. The normalized spacial score (nSPS) is 10.9. The first-order valence-corrected chi connectivity index (χ1v) is 7.18. The summed E-state index contributed by atoms with van der Waals surface area (Å²) in [6.45, 7) is 0. The second-order valence-corrected chi connectivity index (χ2v) is 5.83. The minimum absolute atomic E-state index is 0.264. The number of nitrogens with one attached hydrogen (secondary N) is 1. The maximum Gasteiger partial charge on any atom is 0.277 e. The largest absolute Gasteiger partial charge is 0.311 e. The number of rotatable bonds is 2. The first-order valence-electron chi connectivity index (χ1n) is 5.61. The average molecular weight is 324 g/mol. The van der Waals surface area contributed by atoms with Crippen LogP contribution in [0.15, 0.2) is 51.4 Å². The maximum absolute atomic E-state index is 11.7. The van der Waals surface area contributed by atoms with Crippen LogP contribution in [0.3, 0.4) is 0 Å². The van der Waals surface area contributed by atoms with Crippen LogP contribution in [-0.2, 0) is 0 Å². The Bertz CT molecular complexity index is 850. The van der Waals surface area contributed by atoms with E-state index in [1.807, 2.05) is 6.07 Å². The molecule has 20 heavy (non-hydrogen) atoms. The number of halogens is 2. The molecule has 0 spiro atoms. The van der Waals surface area contributed by atoms with Crippen molar-refractivity contribution >= 4 is 46.0 Å². The zero-order valence-corrected chi connectivity index (χ0v) is 12.3. The molecule has 2 aromatic heterocycles. The molecule has 1 N–H and O–H groups in total. The fraction of sp³-hybridized carbons (Fsp3) is 0. The summed E-state index contributed by atoms with van der Waals surface area (Å²) >= 11 is 13.3. The van der Waals surface area contributed by atoms with Crippen molar-refractivity contribution in [3.05, 3.63) is 57.1 Å². The van der Waals surface area contributed by atoms with Gasteiger partial charge < -0.3 is 4.98 Å². The number of H-pyrrole nitrogens is 1. The number of aromatic nitrogens is 3. The number of nitrogens with zero attached hydrogens (tertiary/aromatic N) is 2. The third kappa shape index (κ3) is 2.65. The Hall–Kier alpha value is -1.56. The summed E-state index contributed by atoms with van der Waals surface area (Å²) in [6, 6.07) is 8.79. The van der Waals surface area contributed by atoms with Crippen LogP contribution in [-0.4, -0.2) is 15.0 Å². The van der Waals surface area contributed by atoms with Gasteiger partial charge in [0.2, 0.25) is 0 Å². The highest BCUT2D eigenvalue weighted by molar-refractivity contribution is 7.99. The molecule has 0 amide bonds. The number of hydrogen-bond acceptors (Lipinski definition) is 4. The second kappa shape index (κ2) is 5.44. The van der Waals surface area contributed by atoms with Gasteiger partial charge in [-0.15, -0.1) is 0 Å². The molecule has 0 unspecified atom stereocenters. The van der Waals surface area contributed by atoms with Gasteiger partial charge in [0.15, 0.2) is 5.52 Å². The molecule has 4 nitrogen and oxygen atoms in total. The van der Waals surface area contributed by atoms with E-state index in [2.05, 4.69) is 15.0 Å². The van der Waals surface area contributed by atoms with Crippen molar-refractivity contribution in [1.29, 1.82) is 0 Å². The zero-order chi connectivity index (χ0) is 14.1. The minimum Gasteiger partial charge on any atom is -0.311 e. The zero-order valence-electron chi connectivity index (χ0n) is 9.93. The van der Waals surface area contributed by atoms with Crippen molar-refractivity contribution in [3.8, 4) is 0 Å². The molecule has 0 saturated heterocycles. The van der Waals surface area contributed by atoms with Crippen molar-refractivity contribution in [2.75, 3.05) is 0 Å². The summed E-state index contributed by atoms with van der Waals surface area (Å²) in [7, 11) is 0. The topological polar surface area (TPSA) is 58.6 Å². The van der Waals surface area contributed by atoms with Gasteiger partial charge in [0.25, 0.3) is 5.56 Å². The highest BCUT2D eigenvalue weighted by atomic mass is 35.5. The van der Waals surface area contributed by atoms with Crippen LogP contribution in [0.1, 0.15) is 0 Å². The van der Waals surface area contributed by atoms with Gasteiger partial charge in [0.1, 0.15) is 5.03 Å². The van der Waals surface area contributed by atoms with E-state index in [0.717, 1.165) is 4.90 Å². The Kier molecular flexibility index (Phi) is 3.65. The molecule has 7 heteroatoms. The van der Waals surface area contributed by atoms with Crippen LogP contribution in [0.4, 0.5) is 0 Å². The second-order valence-electron chi connectivity index (χ2n) is 3.93. The van der Waals surface area contributed by atoms with E-state index in [-0.39, 0.29) is 5.56 Å². The monoisotopic (exact) mass is 323 g/mol. The predicted molar refractivity (Wildman–Crippen MR) is 80.7 cm³/mol. The van der Waals surface area contributed by atoms with Crippen LogP contribution in [0, 0.1) is 0 Å². The molecule has 0 fully saturated rings. The van der Waals surface area contributed by atoms with Crippen molar-refractivity contribution in [1.82, 2.24) is 15.0 Å². The van der Waals surface area contributed by atoms with Gasteiger partial charge in [-0.1, -0.05) is 35.0 Å². The molecule has 0 atom stereocenters. The van der Waals surface area contributed by atoms with Crippen LogP contribution in [0.25, 0.3) is 11.0 Å². The lowest BCUT2D eigenvalue weighted by atomic mass is 10.4. The van der Waals surface area contributed by atoms with Gasteiger partial charge in [-0.2, -0.15) is 0 Å². The Morgan fingerprint density at radius 2 is 2.00 bits per heavy atom. The molecule has 3 rings (SSSR count). The predicted octanol–water partition coefficient (Wildman–Crippen LogP) is 3.78. The molecule has 1 aromatic carbocycles. The molecular formula is C13H7Cl2N3OS. The first kappa shape index (κ1) is 13.4. The van der Waals surface area contributed by atoms with Gasteiger partial charge in [0, 0.05) is 9.92 Å². The van der Waals surface area contributed by atoms with Gasteiger partial charge in [0.05, 0.1) is 16.9 Å². The third-order valence-corrected chi connectivity index (χ3v) is 4.24. The Morgan fingerprint density at radius 1 is 1.15 bits per heavy atom. The molecule has 0 aliphatic carbocycles. The summed E-state index contributed by atoms with van der Waals surface area (Å²) in [5.74, 6) is 0. The number of aromatic amines is 1. The molecule has 100 valence electrons. The first-order chi connectivity index (χ1) is 9.63. The summed E-state index contributed by atoms with van der Waals surface area (Å²) in [6.07, 6.45) is 1.36. The number of hydrogen-bond donors (Lipinski definition) is 1. The van der Waals surface area contributed by atoms with E-state index < -0.39 is 0 Å². The minimum atomic E-state index is -0.264. The quantitative estimate of drug-likeness (QED) is 0.779. The Labute approximate surface area is 128 Å². The van der Waals surface area contributed by atoms with Gasteiger partial charge in [-0.05, 0) is 30.3 Å². The summed E-state index contributed by atoms with van der Waals surface area (Å²) in [4.78, 5) is 23.4. The van der Waals surface area contributed by atoms with E-state index >= 15 is 0 Å². The van der Waals surface area contributed by atoms with Crippen molar-refractivity contribution < 1.29 is 0 Å². The Balaban J connectivity index is 2.02. The van der Waals surface area contributed by atoms with Gasteiger partial charge >= 0.3 is 0 Å². The van der Waals surface area contributed by atoms with Gasteiger partial charge in [-0.3, -0.25) is 4.79 Å². The number of pyridine rings is 1. The van der Waals surface area contributed by atoms with Crippen LogP contribution in [0.5, 0.6) is 0 Å². The van der Waals surface area contributed by atoms with E-state index in [9.17, 15) is 4.79 Å². The molecule has 3 aromatic rings. The lowest BCUT2D eigenvalue weighted by Gasteiger charge is -2.04. The summed E-state index contributed by atoms with van der Waals surface area (Å²) < 4.78 is 0.